The van der Waals surface area contributed by atoms with Crippen LogP contribution in [0, 0.1) is 11.5 Å². The lowest BCUT2D eigenvalue weighted by molar-refractivity contribution is -0.115. The van der Waals surface area contributed by atoms with Gasteiger partial charge in [-0.25, -0.2) is 0 Å². The summed E-state index contributed by atoms with van der Waals surface area (Å²) in [6, 6.07) is 6.35. The van der Waals surface area contributed by atoms with Crippen molar-refractivity contribution in [1.29, 1.82) is 5.26 Å². The van der Waals surface area contributed by atoms with Gasteiger partial charge in [0.05, 0.1) is 0 Å². The van der Waals surface area contributed by atoms with Crippen molar-refractivity contribution in [2.45, 2.75) is 0 Å². The molecular weight excluding hydrogens is 180 g/mol. The van der Waals surface area contributed by atoms with Crippen LogP contribution in [0.25, 0.3) is 6.08 Å². The molecule has 0 bridgehead atoms. The number of carbonyl (C=O) groups excluding carboxylic acids is 1. The van der Waals surface area contributed by atoms with Gasteiger partial charge in [0, 0.05) is 6.08 Å². The largest absolute Gasteiger partial charge is 0.508 e. The summed E-state index contributed by atoms with van der Waals surface area (Å²) in [5, 5.41) is 19.1. The van der Waals surface area contributed by atoms with Gasteiger partial charge in [-0.3, -0.25) is 10.1 Å². The summed E-state index contributed by atoms with van der Waals surface area (Å²) in [5.41, 5.74) is 0.774. The van der Waals surface area contributed by atoms with E-state index in [0.717, 1.165) is 5.56 Å². The van der Waals surface area contributed by atoms with Crippen LogP contribution in [0.2, 0.25) is 0 Å². The third-order valence-electron chi connectivity index (χ3n) is 1.50. The summed E-state index contributed by atoms with van der Waals surface area (Å²) in [6.07, 6.45) is 4.32. The summed E-state index contributed by atoms with van der Waals surface area (Å²) >= 11 is 0. The quantitative estimate of drug-likeness (QED) is 0.413. The highest BCUT2D eigenvalue weighted by Gasteiger charge is 1.92. The van der Waals surface area contributed by atoms with Crippen LogP contribution in [0.1, 0.15) is 5.56 Å². The third kappa shape index (κ3) is 2.99. The van der Waals surface area contributed by atoms with Crippen molar-refractivity contribution in [1.82, 2.24) is 5.32 Å². The smallest absolute Gasteiger partial charge is 0.256 e. The van der Waals surface area contributed by atoms with Crippen LogP contribution >= 0.6 is 0 Å². The Morgan fingerprint density at radius 1 is 1.43 bits per heavy atom. The van der Waals surface area contributed by atoms with Crippen molar-refractivity contribution >= 4 is 12.0 Å². The maximum absolute atomic E-state index is 10.8. The van der Waals surface area contributed by atoms with Crippen molar-refractivity contribution < 1.29 is 9.90 Å². The van der Waals surface area contributed by atoms with Gasteiger partial charge in [-0.05, 0) is 23.8 Å². The number of nitrogens with zero attached hydrogens (tertiary/aromatic N) is 1. The molecule has 1 aromatic rings. The Kier molecular flexibility index (Phi) is 3.27. The number of amides is 1. The van der Waals surface area contributed by atoms with E-state index >= 15 is 0 Å². The molecule has 0 aliphatic rings. The Morgan fingerprint density at radius 3 is 2.64 bits per heavy atom. The molecule has 0 aromatic heterocycles. The second kappa shape index (κ2) is 4.67. The molecule has 70 valence electrons. The Morgan fingerprint density at radius 2 is 2.07 bits per heavy atom. The lowest BCUT2D eigenvalue weighted by Gasteiger charge is -1.93. The topological polar surface area (TPSA) is 73.1 Å². The van der Waals surface area contributed by atoms with E-state index in [-0.39, 0.29) is 5.75 Å². The Balaban J connectivity index is 2.65. The van der Waals surface area contributed by atoms with Gasteiger partial charge in [-0.1, -0.05) is 12.1 Å². The highest BCUT2D eigenvalue weighted by Crippen LogP contribution is 2.10. The molecule has 0 radical (unpaired) electrons. The van der Waals surface area contributed by atoms with Gasteiger partial charge < -0.3 is 5.11 Å². The van der Waals surface area contributed by atoms with Crippen LogP contribution in [-0.2, 0) is 4.79 Å². The van der Waals surface area contributed by atoms with Crippen molar-refractivity contribution in [3.63, 3.8) is 0 Å². The summed E-state index contributed by atoms with van der Waals surface area (Å²) in [4.78, 5) is 10.8. The Labute approximate surface area is 81.1 Å². The zero-order valence-electron chi connectivity index (χ0n) is 7.27. The van der Waals surface area contributed by atoms with Gasteiger partial charge in [-0.2, -0.15) is 5.26 Å². The Bertz CT molecular complexity index is 388. The highest BCUT2D eigenvalue weighted by atomic mass is 16.3. The number of hydrogen-bond donors (Lipinski definition) is 2. The van der Waals surface area contributed by atoms with Crippen LogP contribution in [-0.4, -0.2) is 11.0 Å². The average molecular weight is 188 g/mol. The van der Waals surface area contributed by atoms with Gasteiger partial charge in [-0.15, -0.1) is 0 Å². The molecule has 14 heavy (non-hydrogen) atoms. The van der Waals surface area contributed by atoms with E-state index in [9.17, 15) is 4.79 Å². The van der Waals surface area contributed by atoms with Crippen molar-refractivity contribution in [3.8, 4) is 11.9 Å². The standard InChI is InChI=1S/C10H8N2O2/c11-7-12-10(14)6-3-8-1-4-9(13)5-2-8/h1-6,13H,(H,12,14). The Hall–Kier alpha value is -2.28. The molecule has 0 atom stereocenters. The van der Waals surface area contributed by atoms with E-state index in [2.05, 4.69) is 0 Å². The molecule has 1 aromatic carbocycles. The van der Waals surface area contributed by atoms with Gasteiger partial charge in [0.15, 0.2) is 6.19 Å². The van der Waals surface area contributed by atoms with Crippen molar-refractivity contribution in [2.75, 3.05) is 0 Å². The number of nitriles is 1. The lowest BCUT2D eigenvalue weighted by Crippen LogP contribution is -2.13. The van der Waals surface area contributed by atoms with Crippen LogP contribution in [0.3, 0.4) is 0 Å². The molecule has 0 unspecified atom stereocenters. The zero-order chi connectivity index (χ0) is 10.4. The monoisotopic (exact) mass is 188 g/mol. The molecule has 2 N–H and O–H groups in total. The number of benzene rings is 1. The molecular formula is C10H8N2O2. The maximum atomic E-state index is 10.8. The van der Waals surface area contributed by atoms with E-state index in [0.29, 0.717) is 0 Å². The molecule has 0 heterocycles. The predicted molar refractivity (Wildman–Crippen MR) is 50.9 cm³/mol. The fraction of sp³-hybridized carbons (Fsp3) is 0. The summed E-state index contributed by atoms with van der Waals surface area (Å²) < 4.78 is 0. The molecule has 0 fully saturated rings. The molecule has 0 aliphatic heterocycles. The van der Waals surface area contributed by atoms with Crippen LogP contribution < -0.4 is 5.32 Å². The van der Waals surface area contributed by atoms with E-state index in [1.165, 1.54) is 24.4 Å². The first-order chi connectivity index (χ1) is 6.72. The number of hydrogen-bond acceptors (Lipinski definition) is 3. The van der Waals surface area contributed by atoms with E-state index < -0.39 is 5.91 Å². The molecule has 0 spiro atoms. The summed E-state index contributed by atoms with van der Waals surface area (Å²) in [6.45, 7) is 0. The maximum Gasteiger partial charge on any atom is 0.256 e. The number of phenolic OH excluding ortho intramolecular Hbond substituents is 1. The van der Waals surface area contributed by atoms with E-state index in [4.69, 9.17) is 10.4 Å². The zero-order valence-corrected chi connectivity index (χ0v) is 7.27. The molecule has 1 rings (SSSR count). The third-order valence-corrected chi connectivity index (χ3v) is 1.50. The normalized spacial score (nSPS) is 9.64. The number of nitrogens with one attached hydrogen (secondary N) is 1. The van der Waals surface area contributed by atoms with Gasteiger partial charge in [0.25, 0.3) is 5.91 Å². The minimum atomic E-state index is -0.472. The summed E-state index contributed by atoms with van der Waals surface area (Å²) in [5.74, 6) is -0.302. The van der Waals surface area contributed by atoms with Crippen molar-refractivity contribution in [3.05, 3.63) is 35.9 Å². The molecule has 0 saturated carbocycles. The number of phenols is 1. The van der Waals surface area contributed by atoms with Gasteiger partial charge in [0.1, 0.15) is 5.75 Å². The molecule has 1 amide bonds. The highest BCUT2D eigenvalue weighted by molar-refractivity contribution is 5.92. The fourth-order valence-corrected chi connectivity index (χ4v) is 0.854. The number of rotatable bonds is 2. The number of carbonyl (C=O) groups is 1. The minimum absolute atomic E-state index is 0.170. The summed E-state index contributed by atoms with van der Waals surface area (Å²) in [7, 11) is 0. The molecule has 0 aliphatic carbocycles. The first-order valence-corrected chi connectivity index (χ1v) is 3.88. The van der Waals surface area contributed by atoms with E-state index in [1.54, 1.807) is 18.2 Å². The number of aromatic hydroxyl groups is 1. The molecule has 0 saturated heterocycles. The van der Waals surface area contributed by atoms with Crippen LogP contribution in [0.15, 0.2) is 30.3 Å². The van der Waals surface area contributed by atoms with Crippen LogP contribution in [0.5, 0.6) is 5.75 Å². The average Bonchev–Trinajstić information content (AvgIpc) is 2.17. The molecule has 4 nitrogen and oxygen atoms in total. The molecule has 4 heteroatoms. The SMILES string of the molecule is N#CNC(=O)C=Cc1ccc(O)cc1. The van der Waals surface area contributed by atoms with Crippen LogP contribution in [0.4, 0.5) is 0 Å². The second-order valence-corrected chi connectivity index (χ2v) is 2.53. The lowest BCUT2D eigenvalue weighted by atomic mass is 10.2. The van der Waals surface area contributed by atoms with Gasteiger partial charge >= 0.3 is 0 Å². The first-order valence-electron chi connectivity index (χ1n) is 3.88. The minimum Gasteiger partial charge on any atom is -0.508 e. The second-order valence-electron chi connectivity index (χ2n) is 2.53. The van der Waals surface area contributed by atoms with E-state index in [1.807, 2.05) is 5.32 Å². The first kappa shape index (κ1) is 9.81. The predicted octanol–water partition coefficient (Wildman–Crippen LogP) is 1.00. The van der Waals surface area contributed by atoms with Gasteiger partial charge in [0.2, 0.25) is 0 Å². The van der Waals surface area contributed by atoms with Crippen molar-refractivity contribution in [2.24, 2.45) is 0 Å². The fourth-order valence-electron chi connectivity index (χ4n) is 0.854.